The molecule has 0 aliphatic rings. The van der Waals surface area contributed by atoms with E-state index in [9.17, 15) is 0 Å². The highest BCUT2D eigenvalue weighted by Crippen LogP contribution is 2.19. The number of rotatable bonds is 10. The number of benzene rings is 2. The van der Waals surface area contributed by atoms with Gasteiger partial charge in [0.2, 0.25) is 0 Å². The molecule has 0 aliphatic heterocycles. The summed E-state index contributed by atoms with van der Waals surface area (Å²) >= 11 is 0. The first-order chi connectivity index (χ1) is 15.2. The number of methoxy groups -OCH3 is 1. The number of halogens is 1. The van der Waals surface area contributed by atoms with E-state index in [2.05, 4.69) is 51.4 Å². The molecule has 0 saturated carbocycles. The van der Waals surface area contributed by atoms with E-state index in [-0.39, 0.29) is 30.1 Å². The van der Waals surface area contributed by atoms with Crippen LogP contribution in [0.4, 0.5) is 0 Å². The van der Waals surface area contributed by atoms with Crippen molar-refractivity contribution < 1.29 is 9.47 Å². The van der Waals surface area contributed by atoms with Crippen LogP contribution in [-0.4, -0.2) is 41.8 Å². The highest BCUT2D eigenvalue weighted by atomic mass is 127. The van der Waals surface area contributed by atoms with Gasteiger partial charge in [-0.3, -0.25) is 0 Å². The van der Waals surface area contributed by atoms with Gasteiger partial charge in [-0.05, 0) is 37.1 Å². The van der Waals surface area contributed by atoms with Crippen molar-refractivity contribution in [1.29, 1.82) is 0 Å². The highest BCUT2D eigenvalue weighted by Gasteiger charge is 2.07. The fourth-order valence-electron chi connectivity index (χ4n) is 3.04. The van der Waals surface area contributed by atoms with E-state index in [1.165, 1.54) is 5.56 Å². The minimum atomic E-state index is -0.0292. The molecule has 0 fully saturated rings. The van der Waals surface area contributed by atoms with E-state index in [0.717, 1.165) is 36.1 Å². The van der Waals surface area contributed by atoms with Gasteiger partial charge in [-0.2, -0.15) is 0 Å². The number of nitrogens with zero attached hydrogens (tertiary/aromatic N) is 3. The highest BCUT2D eigenvalue weighted by molar-refractivity contribution is 14.0. The summed E-state index contributed by atoms with van der Waals surface area (Å²) in [4.78, 5) is 8.78. The number of aliphatic imine (C=N–C) groups is 1. The zero-order valence-electron chi connectivity index (χ0n) is 18.8. The Bertz CT molecular complexity index is 945. The summed E-state index contributed by atoms with van der Waals surface area (Å²) in [6.07, 6.45) is 5.55. The average Bonchev–Trinajstić information content (AvgIpc) is 3.30. The van der Waals surface area contributed by atoms with Crippen LogP contribution < -0.4 is 20.1 Å². The molecule has 1 atom stereocenters. The van der Waals surface area contributed by atoms with Gasteiger partial charge in [-0.1, -0.05) is 30.3 Å². The van der Waals surface area contributed by atoms with E-state index < -0.39 is 0 Å². The number of guanidine groups is 1. The zero-order chi connectivity index (χ0) is 21.9. The van der Waals surface area contributed by atoms with Gasteiger partial charge >= 0.3 is 0 Å². The standard InChI is InChI=1S/C24H31N5O2.HI/c1-4-26-24(27-15-19(2)31-23-7-5-6-22(14-23)30-3)28-16-20-8-10-21(11-9-20)17-29-13-12-25-18-29;/h5-14,18-19H,4,15-17H2,1-3H3,(H2,26,27,28);1H. The Hall–Kier alpha value is -2.75. The lowest BCUT2D eigenvalue weighted by atomic mass is 10.1. The number of imidazole rings is 1. The lowest BCUT2D eigenvalue weighted by molar-refractivity contribution is 0.223. The van der Waals surface area contributed by atoms with Gasteiger partial charge in [0.25, 0.3) is 0 Å². The molecule has 1 aromatic heterocycles. The Morgan fingerprint density at radius 2 is 1.84 bits per heavy atom. The van der Waals surface area contributed by atoms with Crippen LogP contribution in [0.25, 0.3) is 0 Å². The molecule has 2 N–H and O–H groups in total. The SMILES string of the molecule is CCNC(=NCc1ccc(Cn2ccnc2)cc1)NCC(C)Oc1cccc(OC)c1.I. The third-order valence-corrected chi connectivity index (χ3v) is 4.65. The molecule has 0 spiro atoms. The van der Waals surface area contributed by atoms with Crippen LogP contribution >= 0.6 is 24.0 Å². The summed E-state index contributed by atoms with van der Waals surface area (Å²) in [5.41, 5.74) is 2.39. The first-order valence-corrected chi connectivity index (χ1v) is 10.5. The van der Waals surface area contributed by atoms with Crippen molar-refractivity contribution in [2.24, 2.45) is 4.99 Å². The number of aromatic nitrogens is 2. The Morgan fingerprint density at radius 3 is 2.53 bits per heavy atom. The van der Waals surface area contributed by atoms with Gasteiger partial charge in [0.05, 0.1) is 26.5 Å². The smallest absolute Gasteiger partial charge is 0.191 e. The van der Waals surface area contributed by atoms with Crippen LogP contribution in [0.3, 0.4) is 0 Å². The third kappa shape index (κ3) is 8.41. The van der Waals surface area contributed by atoms with Crippen molar-refractivity contribution in [3.05, 3.63) is 78.4 Å². The second-order valence-electron chi connectivity index (χ2n) is 7.24. The summed E-state index contributed by atoms with van der Waals surface area (Å²) in [6.45, 7) is 6.92. The van der Waals surface area contributed by atoms with E-state index in [0.29, 0.717) is 13.1 Å². The summed E-state index contributed by atoms with van der Waals surface area (Å²) in [7, 11) is 1.65. The minimum absolute atomic E-state index is 0. The predicted molar refractivity (Wildman–Crippen MR) is 139 cm³/mol. The monoisotopic (exact) mass is 549 g/mol. The molecular formula is C24H32IN5O2. The Kier molecular flexibility index (Phi) is 10.9. The van der Waals surface area contributed by atoms with Crippen LogP contribution in [0.1, 0.15) is 25.0 Å². The van der Waals surface area contributed by atoms with Crippen LogP contribution in [0.2, 0.25) is 0 Å². The Balaban J connectivity index is 0.00000363. The van der Waals surface area contributed by atoms with Crippen LogP contribution in [-0.2, 0) is 13.1 Å². The quantitative estimate of drug-likeness (QED) is 0.227. The molecule has 0 bridgehead atoms. The van der Waals surface area contributed by atoms with E-state index in [4.69, 9.17) is 14.5 Å². The molecule has 7 nitrogen and oxygen atoms in total. The molecule has 0 amide bonds. The largest absolute Gasteiger partial charge is 0.497 e. The van der Waals surface area contributed by atoms with E-state index in [1.54, 1.807) is 13.3 Å². The predicted octanol–water partition coefficient (Wildman–Crippen LogP) is 4.08. The normalized spacial score (nSPS) is 11.9. The molecule has 172 valence electrons. The summed E-state index contributed by atoms with van der Waals surface area (Å²) in [5.74, 6) is 2.33. The second-order valence-corrected chi connectivity index (χ2v) is 7.24. The summed E-state index contributed by atoms with van der Waals surface area (Å²) in [5, 5.41) is 6.64. The van der Waals surface area contributed by atoms with Crippen LogP contribution in [0, 0.1) is 0 Å². The maximum atomic E-state index is 5.97. The van der Waals surface area contributed by atoms with Crippen LogP contribution in [0.15, 0.2) is 72.2 Å². The molecule has 0 radical (unpaired) electrons. The van der Waals surface area contributed by atoms with Gasteiger partial charge in [-0.25, -0.2) is 9.98 Å². The lowest BCUT2D eigenvalue weighted by Crippen LogP contribution is -2.41. The molecule has 0 saturated heterocycles. The fourth-order valence-corrected chi connectivity index (χ4v) is 3.04. The van der Waals surface area contributed by atoms with E-state index >= 15 is 0 Å². The number of nitrogens with one attached hydrogen (secondary N) is 2. The van der Waals surface area contributed by atoms with Gasteiger partial charge < -0.3 is 24.7 Å². The molecule has 0 aliphatic carbocycles. The summed E-state index contributed by atoms with van der Waals surface area (Å²) in [6, 6.07) is 16.1. The van der Waals surface area contributed by atoms with Crippen molar-refractivity contribution in [2.75, 3.05) is 20.2 Å². The Morgan fingerprint density at radius 1 is 1.09 bits per heavy atom. The van der Waals surface area contributed by atoms with Gasteiger partial charge in [-0.15, -0.1) is 24.0 Å². The van der Waals surface area contributed by atoms with Crippen molar-refractivity contribution in [1.82, 2.24) is 20.2 Å². The third-order valence-electron chi connectivity index (χ3n) is 4.65. The molecule has 8 heteroatoms. The Labute approximate surface area is 207 Å². The fraction of sp³-hybridized carbons (Fsp3) is 0.333. The summed E-state index contributed by atoms with van der Waals surface area (Å²) < 4.78 is 13.3. The molecule has 3 rings (SSSR count). The average molecular weight is 549 g/mol. The first-order valence-electron chi connectivity index (χ1n) is 10.5. The topological polar surface area (TPSA) is 72.7 Å². The van der Waals surface area contributed by atoms with Crippen molar-refractivity contribution >= 4 is 29.9 Å². The van der Waals surface area contributed by atoms with Crippen molar-refractivity contribution in [3.8, 4) is 11.5 Å². The lowest BCUT2D eigenvalue weighted by Gasteiger charge is -2.18. The van der Waals surface area contributed by atoms with Gasteiger partial charge in [0.15, 0.2) is 5.96 Å². The zero-order valence-corrected chi connectivity index (χ0v) is 21.2. The number of ether oxygens (including phenoxy) is 2. The molecule has 32 heavy (non-hydrogen) atoms. The molecular weight excluding hydrogens is 517 g/mol. The first kappa shape index (κ1) is 25.5. The van der Waals surface area contributed by atoms with Gasteiger partial charge in [0, 0.05) is 31.5 Å². The minimum Gasteiger partial charge on any atom is -0.497 e. The molecule has 2 aromatic carbocycles. The maximum Gasteiger partial charge on any atom is 0.191 e. The number of hydrogen-bond acceptors (Lipinski definition) is 4. The van der Waals surface area contributed by atoms with Gasteiger partial charge in [0.1, 0.15) is 17.6 Å². The van der Waals surface area contributed by atoms with Crippen LogP contribution in [0.5, 0.6) is 11.5 Å². The molecule has 1 unspecified atom stereocenters. The number of hydrogen-bond donors (Lipinski definition) is 2. The molecule has 1 heterocycles. The van der Waals surface area contributed by atoms with Crippen molar-refractivity contribution in [2.45, 2.75) is 33.0 Å². The van der Waals surface area contributed by atoms with E-state index in [1.807, 2.05) is 43.7 Å². The van der Waals surface area contributed by atoms with Crippen molar-refractivity contribution in [3.63, 3.8) is 0 Å². The second kappa shape index (κ2) is 13.6. The maximum absolute atomic E-state index is 5.97. The molecule has 3 aromatic rings.